The molecule has 28 heavy (non-hydrogen) atoms. The number of anilines is 1. The van der Waals surface area contributed by atoms with E-state index < -0.39 is 0 Å². The first-order valence-corrected chi connectivity index (χ1v) is 10.9. The minimum absolute atomic E-state index is 0.0367. The predicted octanol–water partition coefficient (Wildman–Crippen LogP) is 2.92. The SMILES string of the molecule is CCOC(=O)C1CC[NH+](Cc2cc(CC)sc2NC(=O)c2ccccc2)CC1. The number of hydrogen-bond acceptors (Lipinski definition) is 4. The zero-order valence-electron chi connectivity index (χ0n) is 16.6. The number of aryl methyl sites for hydroxylation is 1. The molecular weight excluding hydrogens is 372 g/mol. The number of ether oxygens (including phenoxy) is 1. The molecule has 5 nitrogen and oxygen atoms in total. The predicted molar refractivity (Wildman–Crippen MR) is 112 cm³/mol. The topological polar surface area (TPSA) is 59.8 Å². The lowest BCUT2D eigenvalue weighted by atomic mass is 9.97. The fourth-order valence-electron chi connectivity index (χ4n) is 3.63. The molecule has 1 aliphatic rings. The Hall–Kier alpha value is -2.18. The van der Waals surface area contributed by atoms with Gasteiger partial charge in [-0.2, -0.15) is 0 Å². The van der Waals surface area contributed by atoms with Crippen molar-refractivity contribution >= 4 is 28.2 Å². The van der Waals surface area contributed by atoms with E-state index in [4.69, 9.17) is 4.74 Å². The highest BCUT2D eigenvalue weighted by Gasteiger charge is 2.29. The number of esters is 1. The van der Waals surface area contributed by atoms with Gasteiger partial charge in [-0.05, 0) is 31.5 Å². The summed E-state index contributed by atoms with van der Waals surface area (Å²) in [7, 11) is 0. The van der Waals surface area contributed by atoms with Gasteiger partial charge in [-0.1, -0.05) is 25.1 Å². The number of rotatable bonds is 7. The monoisotopic (exact) mass is 401 g/mol. The van der Waals surface area contributed by atoms with Crippen molar-refractivity contribution in [3.63, 3.8) is 0 Å². The molecule has 1 fully saturated rings. The molecule has 3 rings (SSSR count). The Labute approximate surface area is 170 Å². The molecule has 0 aliphatic carbocycles. The molecule has 2 heterocycles. The van der Waals surface area contributed by atoms with Gasteiger partial charge < -0.3 is 15.0 Å². The van der Waals surface area contributed by atoms with Crippen molar-refractivity contribution in [1.29, 1.82) is 0 Å². The molecule has 1 aromatic carbocycles. The third-order valence-corrected chi connectivity index (χ3v) is 6.46. The van der Waals surface area contributed by atoms with Crippen LogP contribution < -0.4 is 10.2 Å². The number of benzene rings is 1. The van der Waals surface area contributed by atoms with E-state index >= 15 is 0 Å². The summed E-state index contributed by atoms with van der Waals surface area (Å²) in [4.78, 5) is 27.2. The Balaban J connectivity index is 1.63. The van der Waals surface area contributed by atoms with Crippen molar-refractivity contribution in [3.8, 4) is 0 Å². The molecule has 0 bridgehead atoms. The third kappa shape index (κ3) is 5.20. The smallest absolute Gasteiger partial charge is 0.309 e. The van der Waals surface area contributed by atoms with Crippen LogP contribution >= 0.6 is 11.3 Å². The summed E-state index contributed by atoms with van der Waals surface area (Å²) < 4.78 is 5.16. The summed E-state index contributed by atoms with van der Waals surface area (Å²) in [5, 5.41) is 4.06. The molecule has 1 saturated heterocycles. The first-order chi connectivity index (χ1) is 13.6. The Kier molecular flexibility index (Phi) is 7.23. The normalized spacial score (nSPS) is 19.2. The highest BCUT2D eigenvalue weighted by Crippen LogP contribution is 2.29. The summed E-state index contributed by atoms with van der Waals surface area (Å²) in [6.07, 6.45) is 2.69. The molecule has 150 valence electrons. The lowest BCUT2D eigenvalue weighted by Gasteiger charge is -2.28. The number of piperidine rings is 1. The van der Waals surface area contributed by atoms with Crippen LogP contribution in [0.15, 0.2) is 36.4 Å². The van der Waals surface area contributed by atoms with Gasteiger partial charge in [0.2, 0.25) is 0 Å². The van der Waals surface area contributed by atoms with Gasteiger partial charge in [0, 0.05) is 28.8 Å². The van der Waals surface area contributed by atoms with Gasteiger partial charge in [-0.15, -0.1) is 11.3 Å². The Bertz CT molecular complexity index is 795. The van der Waals surface area contributed by atoms with Crippen LogP contribution in [0.3, 0.4) is 0 Å². The largest absolute Gasteiger partial charge is 0.466 e. The average molecular weight is 402 g/mol. The van der Waals surface area contributed by atoms with Gasteiger partial charge >= 0.3 is 5.97 Å². The highest BCUT2D eigenvalue weighted by molar-refractivity contribution is 7.16. The number of quaternary nitrogens is 1. The number of thiophene rings is 1. The van der Waals surface area contributed by atoms with Crippen molar-refractivity contribution in [1.82, 2.24) is 0 Å². The van der Waals surface area contributed by atoms with E-state index in [2.05, 4.69) is 18.3 Å². The fraction of sp³-hybridized carbons (Fsp3) is 0.455. The quantitative estimate of drug-likeness (QED) is 0.702. The maximum Gasteiger partial charge on any atom is 0.309 e. The summed E-state index contributed by atoms with van der Waals surface area (Å²) >= 11 is 1.66. The van der Waals surface area contributed by atoms with Crippen molar-refractivity contribution < 1.29 is 19.2 Å². The van der Waals surface area contributed by atoms with Crippen molar-refractivity contribution in [2.24, 2.45) is 5.92 Å². The van der Waals surface area contributed by atoms with Crippen LogP contribution in [-0.4, -0.2) is 31.6 Å². The van der Waals surface area contributed by atoms with Gasteiger partial charge in [0.05, 0.1) is 25.6 Å². The lowest BCUT2D eigenvalue weighted by Crippen LogP contribution is -3.11. The van der Waals surface area contributed by atoms with E-state index in [9.17, 15) is 9.59 Å². The molecule has 2 N–H and O–H groups in total. The summed E-state index contributed by atoms with van der Waals surface area (Å²) in [5.74, 6) is -0.0850. The lowest BCUT2D eigenvalue weighted by molar-refractivity contribution is -0.919. The van der Waals surface area contributed by atoms with Crippen LogP contribution in [0.4, 0.5) is 5.00 Å². The minimum atomic E-state index is -0.0672. The molecule has 0 spiro atoms. The first-order valence-electron chi connectivity index (χ1n) is 10.1. The summed E-state index contributed by atoms with van der Waals surface area (Å²) in [6, 6.07) is 11.5. The number of hydrogen-bond donors (Lipinski definition) is 2. The average Bonchev–Trinajstić information content (AvgIpc) is 3.10. The zero-order valence-corrected chi connectivity index (χ0v) is 17.4. The maximum absolute atomic E-state index is 12.6. The van der Waals surface area contributed by atoms with E-state index in [1.165, 1.54) is 15.3 Å². The minimum Gasteiger partial charge on any atom is -0.466 e. The van der Waals surface area contributed by atoms with Crippen LogP contribution in [0.5, 0.6) is 0 Å². The van der Waals surface area contributed by atoms with Crippen LogP contribution in [0, 0.1) is 5.92 Å². The molecule has 0 saturated carbocycles. The number of carbonyl (C=O) groups is 2. The standard InChI is InChI=1S/C22H28N2O3S/c1-3-19-14-18(15-24-12-10-17(11-13-24)22(26)27-4-2)21(28-19)23-20(25)16-8-6-5-7-9-16/h5-9,14,17H,3-4,10-13,15H2,1-2H3,(H,23,25)/p+1. The Morgan fingerprint density at radius 2 is 1.89 bits per heavy atom. The molecule has 0 unspecified atom stereocenters. The van der Waals surface area contributed by atoms with E-state index in [-0.39, 0.29) is 17.8 Å². The number of likely N-dealkylation sites (tertiary alicyclic amines) is 1. The van der Waals surface area contributed by atoms with E-state index in [1.807, 2.05) is 37.3 Å². The molecule has 1 amide bonds. The van der Waals surface area contributed by atoms with Gasteiger partial charge in [-0.3, -0.25) is 9.59 Å². The molecular formula is C22H29N2O3S+. The van der Waals surface area contributed by atoms with Gasteiger partial charge in [0.15, 0.2) is 0 Å². The zero-order chi connectivity index (χ0) is 19.9. The molecule has 0 radical (unpaired) electrons. The van der Waals surface area contributed by atoms with Gasteiger partial charge in [0.25, 0.3) is 5.91 Å². The Morgan fingerprint density at radius 1 is 1.18 bits per heavy atom. The molecule has 1 aliphatic heterocycles. The van der Waals surface area contributed by atoms with E-state index in [0.29, 0.717) is 12.2 Å². The summed E-state index contributed by atoms with van der Waals surface area (Å²) in [5.41, 5.74) is 1.86. The number of nitrogens with one attached hydrogen (secondary N) is 2. The van der Waals surface area contributed by atoms with Crippen LogP contribution in [0.25, 0.3) is 0 Å². The molecule has 1 aromatic heterocycles. The van der Waals surface area contributed by atoms with Gasteiger partial charge in [-0.25, -0.2) is 0 Å². The van der Waals surface area contributed by atoms with E-state index in [0.717, 1.165) is 43.9 Å². The second kappa shape index (κ2) is 9.85. The van der Waals surface area contributed by atoms with Crippen LogP contribution in [0.1, 0.15) is 47.5 Å². The molecule has 6 heteroatoms. The van der Waals surface area contributed by atoms with Crippen molar-refractivity contribution in [2.45, 2.75) is 39.7 Å². The maximum atomic E-state index is 12.6. The van der Waals surface area contributed by atoms with Crippen LogP contribution in [0.2, 0.25) is 0 Å². The Morgan fingerprint density at radius 3 is 2.54 bits per heavy atom. The van der Waals surface area contributed by atoms with Gasteiger partial charge in [0.1, 0.15) is 11.5 Å². The van der Waals surface area contributed by atoms with Crippen molar-refractivity contribution in [3.05, 3.63) is 52.4 Å². The summed E-state index contributed by atoms with van der Waals surface area (Å²) in [6.45, 7) is 7.21. The first kappa shape index (κ1) is 20.6. The highest BCUT2D eigenvalue weighted by atomic mass is 32.1. The number of amides is 1. The number of carbonyl (C=O) groups excluding carboxylic acids is 2. The molecule has 0 atom stereocenters. The van der Waals surface area contributed by atoms with E-state index in [1.54, 1.807) is 11.3 Å². The second-order valence-electron chi connectivity index (χ2n) is 7.19. The second-order valence-corrected chi connectivity index (χ2v) is 8.33. The molecule has 2 aromatic rings. The van der Waals surface area contributed by atoms with Crippen LogP contribution in [-0.2, 0) is 22.5 Å². The fourth-order valence-corrected chi connectivity index (χ4v) is 4.64. The third-order valence-electron chi connectivity index (χ3n) is 5.22. The van der Waals surface area contributed by atoms with Crippen molar-refractivity contribution in [2.75, 3.05) is 25.0 Å².